The largest absolute Gasteiger partial charge is 0.481 e. The zero-order valence-corrected chi connectivity index (χ0v) is 24.1. The number of carbonyl (C=O) groups excluding carboxylic acids is 3. The molecule has 3 saturated carbocycles. The Bertz CT molecular complexity index is 904. The Morgan fingerprint density at radius 1 is 1.11 bits per heavy atom. The number of nitrogens with one attached hydrogen (secondary N) is 2. The topological polar surface area (TPSA) is 115 Å². The first-order valence-corrected chi connectivity index (χ1v) is 14.2. The molecule has 0 unspecified atom stereocenters. The van der Waals surface area contributed by atoms with Gasteiger partial charge < -0.3 is 34.3 Å². The van der Waals surface area contributed by atoms with Crippen molar-refractivity contribution in [3.63, 3.8) is 0 Å². The highest BCUT2D eigenvalue weighted by Gasteiger charge is 2.68. The van der Waals surface area contributed by atoms with Crippen LogP contribution in [-0.2, 0) is 28.4 Å². The van der Waals surface area contributed by atoms with Gasteiger partial charge in [-0.25, -0.2) is 4.79 Å². The lowest BCUT2D eigenvalue weighted by Crippen LogP contribution is -2.65. The zero-order chi connectivity index (χ0) is 27.9. The number of carbonyl (C=O) groups is 3. The lowest BCUT2D eigenvalue weighted by molar-refractivity contribution is -0.199. The maximum absolute atomic E-state index is 13.6. The Morgan fingerprint density at radius 3 is 2.39 bits per heavy atom. The maximum Gasteiger partial charge on any atom is 0.481 e. The number of ether oxygens (including phenoxy) is 2. The lowest BCUT2D eigenvalue weighted by Gasteiger charge is -2.64. The molecule has 2 saturated heterocycles. The molecule has 3 aliphatic carbocycles. The van der Waals surface area contributed by atoms with E-state index in [1.165, 1.54) is 0 Å². The molecule has 0 aromatic rings. The molecule has 10 nitrogen and oxygen atoms in total. The second kappa shape index (κ2) is 11.0. The normalized spacial score (nSPS) is 31.5. The second-order valence-corrected chi connectivity index (χ2v) is 13.1. The minimum atomic E-state index is -1.09. The quantitative estimate of drug-likeness (QED) is 0.460. The molecule has 3 amide bonds. The molecule has 2 bridgehead atoms. The number of amides is 3. The molecule has 0 spiro atoms. The molecule has 5 fully saturated rings. The molecule has 11 heteroatoms. The molecular formula is C27H46BN3O7. The van der Waals surface area contributed by atoms with Crippen LogP contribution in [0.15, 0.2) is 0 Å². The average Bonchev–Trinajstić information content (AvgIpc) is 3.19. The van der Waals surface area contributed by atoms with E-state index in [0.717, 1.165) is 19.3 Å². The van der Waals surface area contributed by atoms with Crippen LogP contribution < -0.4 is 10.6 Å². The number of alkyl carbamates (subject to hydrolysis) is 1. The Hall–Kier alpha value is -1.85. The Kier molecular flexibility index (Phi) is 8.41. The van der Waals surface area contributed by atoms with Crippen LogP contribution in [0.2, 0.25) is 0 Å². The molecule has 38 heavy (non-hydrogen) atoms. The van der Waals surface area contributed by atoms with Gasteiger partial charge in [0, 0.05) is 13.1 Å². The van der Waals surface area contributed by atoms with Crippen LogP contribution >= 0.6 is 0 Å². The van der Waals surface area contributed by atoms with E-state index >= 15 is 0 Å². The standard InChI is InChI=1S/C27H46BN3O7/c1-8-9-21(28-37-20-15-17-14-19(26(17,5)6)27(20,7)38-28)30-23(33)18(29-24(34)36-25(2,3)4)16-22(32)31-10-12-35-13-11-31/h17-21H,8-16H2,1-7H3,(H,29,34)(H,30,33)/t17-,18+,19-,20+,21-,27-/m0/s1. The fraction of sp³-hybridized carbons (Fsp3) is 0.889. The second-order valence-electron chi connectivity index (χ2n) is 13.1. The molecule has 0 aromatic carbocycles. The molecule has 214 valence electrons. The van der Waals surface area contributed by atoms with Crippen molar-refractivity contribution in [2.24, 2.45) is 17.3 Å². The first-order chi connectivity index (χ1) is 17.7. The molecule has 0 aromatic heterocycles. The van der Waals surface area contributed by atoms with Gasteiger partial charge in [-0.15, -0.1) is 0 Å². The van der Waals surface area contributed by atoms with E-state index in [0.29, 0.717) is 44.6 Å². The highest BCUT2D eigenvalue weighted by molar-refractivity contribution is 6.47. The highest BCUT2D eigenvalue weighted by atomic mass is 16.7. The van der Waals surface area contributed by atoms with Crippen molar-refractivity contribution in [2.75, 3.05) is 26.3 Å². The summed E-state index contributed by atoms with van der Waals surface area (Å²) in [7, 11) is -0.582. The van der Waals surface area contributed by atoms with Crippen molar-refractivity contribution >= 4 is 25.0 Å². The van der Waals surface area contributed by atoms with Crippen molar-refractivity contribution in [2.45, 2.75) is 110 Å². The van der Waals surface area contributed by atoms with Crippen molar-refractivity contribution in [3.05, 3.63) is 0 Å². The van der Waals surface area contributed by atoms with E-state index in [9.17, 15) is 14.4 Å². The maximum atomic E-state index is 13.6. The fourth-order valence-corrected chi connectivity index (χ4v) is 6.72. The summed E-state index contributed by atoms with van der Waals surface area (Å²) < 4.78 is 23.8. The van der Waals surface area contributed by atoms with E-state index in [1.807, 2.05) is 6.92 Å². The molecule has 5 rings (SSSR count). The molecule has 6 atom stereocenters. The summed E-state index contributed by atoms with van der Waals surface area (Å²) in [6.07, 6.45) is 2.64. The van der Waals surface area contributed by atoms with Crippen LogP contribution in [-0.4, -0.2) is 85.5 Å². The van der Waals surface area contributed by atoms with Crippen LogP contribution in [0.3, 0.4) is 0 Å². The van der Waals surface area contributed by atoms with Gasteiger partial charge in [-0.1, -0.05) is 27.2 Å². The third kappa shape index (κ3) is 5.99. The predicted octanol–water partition coefficient (Wildman–Crippen LogP) is 2.68. The highest BCUT2D eigenvalue weighted by Crippen LogP contribution is 2.65. The van der Waals surface area contributed by atoms with Gasteiger partial charge in [0.15, 0.2) is 0 Å². The van der Waals surface area contributed by atoms with Gasteiger partial charge in [0.1, 0.15) is 11.6 Å². The van der Waals surface area contributed by atoms with Crippen molar-refractivity contribution in [3.8, 4) is 0 Å². The van der Waals surface area contributed by atoms with E-state index in [-0.39, 0.29) is 29.4 Å². The SMILES string of the molecule is CCC[C@H](NC(=O)[C@@H](CC(=O)N1CCOCC1)NC(=O)OC(C)(C)C)B1O[C@@H]2C[C@@H]3C[C@@H](C3(C)C)[C@]2(C)O1. The van der Waals surface area contributed by atoms with Gasteiger partial charge in [-0.3, -0.25) is 9.59 Å². The Morgan fingerprint density at radius 2 is 1.79 bits per heavy atom. The third-order valence-corrected chi connectivity index (χ3v) is 8.97. The Balaban J connectivity index is 1.45. The minimum Gasteiger partial charge on any atom is -0.444 e. The smallest absolute Gasteiger partial charge is 0.444 e. The number of morpholine rings is 1. The van der Waals surface area contributed by atoms with Crippen molar-refractivity contribution in [1.82, 2.24) is 15.5 Å². The van der Waals surface area contributed by atoms with E-state index in [2.05, 4.69) is 31.4 Å². The van der Waals surface area contributed by atoms with E-state index < -0.39 is 36.7 Å². The first-order valence-electron chi connectivity index (χ1n) is 14.2. The molecule has 0 radical (unpaired) electrons. The summed E-state index contributed by atoms with van der Waals surface area (Å²) in [5, 5.41) is 5.69. The molecule has 5 aliphatic rings. The minimum absolute atomic E-state index is 0.000818. The summed E-state index contributed by atoms with van der Waals surface area (Å²) in [6.45, 7) is 15.9. The summed E-state index contributed by atoms with van der Waals surface area (Å²) in [5.41, 5.74) is -0.912. The van der Waals surface area contributed by atoms with Gasteiger partial charge in [-0.05, 0) is 64.2 Å². The average molecular weight is 535 g/mol. The molecule has 2 aliphatic heterocycles. The van der Waals surface area contributed by atoms with Gasteiger partial charge in [-0.2, -0.15) is 0 Å². The zero-order valence-electron chi connectivity index (χ0n) is 24.1. The Labute approximate surface area is 227 Å². The number of hydrogen-bond donors (Lipinski definition) is 2. The third-order valence-electron chi connectivity index (χ3n) is 8.97. The van der Waals surface area contributed by atoms with Crippen LogP contribution in [0.5, 0.6) is 0 Å². The van der Waals surface area contributed by atoms with E-state index in [1.54, 1.807) is 25.7 Å². The van der Waals surface area contributed by atoms with Gasteiger partial charge in [0.25, 0.3) is 0 Å². The van der Waals surface area contributed by atoms with Crippen LogP contribution in [0.25, 0.3) is 0 Å². The van der Waals surface area contributed by atoms with Gasteiger partial charge in [0.05, 0.1) is 37.3 Å². The fourth-order valence-electron chi connectivity index (χ4n) is 6.72. The first kappa shape index (κ1) is 29.1. The molecule has 2 heterocycles. The number of rotatable bonds is 8. The molecule has 2 N–H and O–H groups in total. The van der Waals surface area contributed by atoms with Crippen LogP contribution in [0.1, 0.15) is 80.6 Å². The van der Waals surface area contributed by atoms with Crippen LogP contribution in [0.4, 0.5) is 4.79 Å². The summed E-state index contributed by atoms with van der Waals surface area (Å²) >= 11 is 0. The number of nitrogens with zero attached hydrogens (tertiary/aromatic N) is 1. The predicted molar refractivity (Wildman–Crippen MR) is 142 cm³/mol. The van der Waals surface area contributed by atoms with Crippen LogP contribution in [0, 0.1) is 17.3 Å². The summed E-state index contributed by atoms with van der Waals surface area (Å²) in [5.74, 6) is -0.0369. The van der Waals surface area contributed by atoms with Crippen molar-refractivity contribution in [1.29, 1.82) is 0 Å². The monoisotopic (exact) mass is 535 g/mol. The summed E-state index contributed by atoms with van der Waals surface area (Å²) in [6, 6.07) is -1.09. The van der Waals surface area contributed by atoms with Gasteiger partial charge >= 0.3 is 13.2 Å². The lowest BCUT2D eigenvalue weighted by atomic mass is 9.43. The van der Waals surface area contributed by atoms with Crippen molar-refractivity contribution < 1.29 is 33.2 Å². The number of hydrogen-bond acceptors (Lipinski definition) is 7. The molecular weight excluding hydrogens is 489 g/mol. The van der Waals surface area contributed by atoms with E-state index in [4.69, 9.17) is 18.8 Å². The summed E-state index contributed by atoms with van der Waals surface area (Å²) in [4.78, 5) is 40.9. The van der Waals surface area contributed by atoms with Gasteiger partial charge in [0.2, 0.25) is 11.8 Å².